The maximum absolute atomic E-state index is 11.8. The first-order valence-electron chi connectivity index (χ1n) is 7.77. The molecular weight excluding hydrogens is 336 g/mol. The summed E-state index contributed by atoms with van der Waals surface area (Å²) in [7, 11) is 0. The van der Waals surface area contributed by atoms with Gasteiger partial charge in [0.25, 0.3) is 0 Å². The Morgan fingerprint density at radius 3 is 2.56 bits per heavy atom. The first-order chi connectivity index (χ1) is 12.0. The molecule has 0 radical (unpaired) electrons. The number of esters is 1. The van der Waals surface area contributed by atoms with Gasteiger partial charge in [0.2, 0.25) is 5.91 Å². The molecule has 0 unspecified atom stereocenters. The van der Waals surface area contributed by atoms with Crippen LogP contribution in [-0.2, 0) is 15.3 Å². The molecule has 0 saturated carbocycles. The number of amides is 1. The number of benzene rings is 2. The van der Waals surface area contributed by atoms with E-state index in [1.165, 1.54) is 18.1 Å². The average molecular weight is 356 g/mol. The lowest BCUT2D eigenvalue weighted by molar-refractivity contribution is -0.131. The van der Waals surface area contributed by atoms with Crippen LogP contribution in [0, 0.1) is 6.92 Å². The first-order valence-corrected chi connectivity index (χ1v) is 8.92. The van der Waals surface area contributed by atoms with Crippen molar-refractivity contribution in [3.8, 4) is 5.75 Å². The third-order valence-corrected chi connectivity index (χ3v) is 4.28. The summed E-state index contributed by atoms with van der Waals surface area (Å²) in [6.45, 7) is 3.41. The van der Waals surface area contributed by atoms with Gasteiger partial charge in [-0.2, -0.15) is 5.10 Å². The van der Waals surface area contributed by atoms with Crippen LogP contribution < -0.4 is 10.2 Å². The van der Waals surface area contributed by atoms with Gasteiger partial charge >= 0.3 is 5.97 Å². The molecule has 0 aliphatic rings. The lowest BCUT2D eigenvalue weighted by Gasteiger charge is -2.04. The predicted octanol–water partition coefficient (Wildman–Crippen LogP) is 3.30. The summed E-state index contributed by atoms with van der Waals surface area (Å²) < 4.78 is 4.95. The molecule has 0 aromatic heterocycles. The van der Waals surface area contributed by atoms with Crippen molar-refractivity contribution in [3.05, 3.63) is 65.2 Å². The van der Waals surface area contributed by atoms with Crippen molar-refractivity contribution in [3.63, 3.8) is 0 Å². The molecule has 0 fully saturated rings. The molecule has 2 rings (SSSR count). The van der Waals surface area contributed by atoms with E-state index in [9.17, 15) is 9.59 Å². The highest BCUT2D eigenvalue weighted by atomic mass is 32.2. The second-order valence-corrected chi connectivity index (χ2v) is 6.36. The smallest absolute Gasteiger partial charge is 0.308 e. The Bertz CT molecular complexity index is 758. The van der Waals surface area contributed by atoms with E-state index in [1.54, 1.807) is 42.2 Å². The predicted molar refractivity (Wildman–Crippen MR) is 101 cm³/mol. The summed E-state index contributed by atoms with van der Waals surface area (Å²) in [5, 5.41) is 3.93. The normalized spacial score (nSPS) is 10.6. The summed E-state index contributed by atoms with van der Waals surface area (Å²) in [6.07, 6.45) is 1.54. The van der Waals surface area contributed by atoms with Crippen LogP contribution in [0.5, 0.6) is 5.75 Å². The van der Waals surface area contributed by atoms with Gasteiger partial charge in [0, 0.05) is 12.7 Å². The first kappa shape index (κ1) is 18.7. The van der Waals surface area contributed by atoms with E-state index < -0.39 is 0 Å². The second kappa shape index (κ2) is 9.64. The van der Waals surface area contributed by atoms with Crippen molar-refractivity contribution < 1.29 is 14.3 Å². The number of carbonyl (C=O) groups is 2. The van der Waals surface area contributed by atoms with Crippen LogP contribution in [0.25, 0.3) is 0 Å². The highest BCUT2D eigenvalue weighted by Crippen LogP contribution is 2.15. The summed E-state index contributed by atoms with van der Waals surface area (Å²) in [5.74, 6) is 1.10. The molecule has 25 heavy (non-hydrogen) atoms. The molecule has 2 aromatic rings. The van der Waals surface area contributed by atoms with Crippen molar-refractivity contribution in [1.29, 1.82) is 0 Å². The van der Waals surface area contributed by atoms with Gasteiger partial charge in [0.15, 0.2) is 0 Å². The van der Waals surface area contributed by atoms with Gasteiger partial charge in [-0.3, -0.25) is 9.59 Å². The number of nitrogens with one attached hydrogen (secondary N) is 1. The topological polar surface area (TPSA) is 67.8 Å². The van der Waals surface area contributed by atoms with Crippen LogP contribution in [0.1, 0.15) is 23.6 Å². The Morgan fingerprint density at radius 1 is 1.16 bits per heavy atom. The molecule has 1 amide bonds. The fourth-order valence-corrected chi connectivity index (χ4v) is 2.92. The highest BCUT2D eigenvalue weighted by Gasteiger charge is 2.02. The van der Waals surface area contributed by atoms with Crippen LogP contribution in [0.3, 0.4) is 0 Å². The molecule has 130 valence electrons. The molecule has 0 spiro atoms. The number of hydrogen-bond acceptors (Lipinski definition) is 5. The molecule has 0 saturated heterocycles. The zero-order chi connectivity index (χ0) is 18.1. The zero-order valence-corrected chi connectivity index (χ0v) is 15.0. The van der Waals surface area contributed by atoms with Gasteiger partial charge in [-0.1, -0.05) is 24.3 Å². The van der Waals surface area contributed by atoms with Crippen LogP contribution >= 0.6 is 11.8 Å². The summed E-state index contributed by atoms with van der Waals surface area (Å²) >= 11 is 1.55. The summed E-state index contributed by atoms with van der Waals surface area (Å²) in [5.41, 5.74) is 5.76. The number of thioether (sulfide) groups is 1. The van der Waals surface area contributed by atoms with Gasteiger partial charge in [0.05, 0.1) is 12.0 Å². The monoisotopic (exact) mass is 356 g/mol. The Balaban J connectivity index is 1.73. The van der Waals surface area contributed by atoms with Crippen molar-refractivity contribution in [1.82, 2.24) is 5.43 Å². The van der Waals surface area contributed by atoms with Crippen molar-refractivity contribution in [2.75, 3.05) is 5.75 Å². The molecule has 5 nitrogen and oxygen atoms in total. The SMILES string of the molecule is CC(=O)Oc1ccc(/C=N/NC(=O)CSCc2ccccc2C)cc1. The third-order valence-electron chi connectivity index (χ3n) is 3.30. The summed E-state index contributed by atoms with van der Waals surface area (Å²) in [6, 6.07) is 15.0. The minimum Gasteiger partial charge on any atom is -0.427 e. The highest BCUT2D eigenvalue weighted by molar-refractivity contribution is 7.99. The standard InChI is InChI=1S/C19H20N2O3S/c1-14-5-3-4-6-17(14)12-25-13-19(23)21-20-11-16-7-9-18(10-8-16)24-15(2)22/h3-11H,12-13H2,1-2H3,(H,21,23)/b20-11+. The summed E-state index contributed by atoms with van der Waals surface area (Å²) in [4.78, 5) is 22.6. The molecule has 0 aliphatic carbocycles. The second-order valence-electron chi connectivity index (χ2n) is 5.38. The number of rotatable bonds is 7. The Hall–Kier alpha value is -2.60. The lowest BCUT2D eigenvalue weighted by atomic mass is 10.1. The Morgan fingerprint density at radius 2 is 1.88 bits per heavy atom. The largest absolute Gasteiger partial charge is 0.427 e. The maximum Gasteiger partial charge on any atom is 0.308 e. The number of ether oxygens (including phenoxy) is 1. The van der Waals surface area contributed by atoms with Crippen LogP contribution in [0.2, 0.25) is 0 Å². The van der Waals surface area contributed by atoms with Gasteiger partial charge in [-0.25, -0.2) is 5.43 Å². The molecule has 0 heterocycles. The molecule has 6 heteroatoms. The number of hydrazone groups is 1. The van der Waals surface area contributed by atoms with E-state index in [1.807, 2.05) is 12.1 Å². The van der Waals surface area contributed by atoms with E-state index >= 15 is 0 Å². The Labute approximate surface area is 151 Å². The molecule has 2 aromatic carbocycles. The average Bonchev–Trinajstić information content (AvgIpc) is 2.58. The van der Waals surface area contributed by atoms with E-state index in [0.29, 0.717) is 11.5 Å². The molecule has 0 atom stereocenters. The van der Waals surface area contributed by atoms with Gasteiger partial charge < -0.3 is 4.74 Å². The van der Waals surface area contributed by atoms with E-state index in [-0.39, 0.29) is 11.9 Å². The van der Waals surface area contributed by atoms with Crippen molar-refractivity contribution in [2.24, 2.45) is 5.10 Å². The van der Waals surface area contributed by atoms with E-state index in [4.69, 9.17) is 4.74 Å². The van der Waals surface area contributed by atoms with Crippen LogP contribution in [0.15, 0.2) is 53.6 Å². The van der Waals surface area contributed by atoms with Crippen LogP contribution in [0.4, 0.5) is 0 Å². The molecule has 0 aliphatic heterocycles. The van der Waals surface area contributed by atoms with Gasteiger partial charge in [-0.15, -0.1) is 11.8 Å². The van der Waals surface area contributed by atoms with Crippen molar-refractivity contribution >= 4 is 29.9 Å². The quantitative estimate of drug-likeness (QED) is 0.358. The van der Waals surface area contributed by atoms with Gasteiger partial charge in [-0.05, 0) is 47.9 Å². The number of hydrogen-bond donors (Lipinski definition) is 1. The maximum atomic E-state index is 11.8. The van der Waals surface area contributed by atoms with E-state index in [2.05, 4.69) is 29.6 Å². The molecule has 1 N–H and O–H groups in total. The third kappa shape index (κ3) is 6.81. The number of carbonyl (C=O) groups excluding carboxylic acids is 2. The van der Waals surface area contributed by atoms with E-state index in [0.717, 1.165) is 11.3 Å². The number of aryl methyl sites for hydroxylation is 1. The van der Waals surface area contributed by atoms with Crippen molar-refractivity contribution in [2.45, 2.75) is 19.6 Å². The zero-order valence-electron chi connectivity index (χ0n) is 14.2. The number of nitrogens with zero attached hydrogens (tertiary/aromatic N) is 1. The molecule has 0 bridgehead atoms. The Kier molecular flexibility index (Phi) is 7.22. The van der Waals surface area contributed by atoms with Crippen LogP contribution in [-0.4, -0.2) is 23.8 Å². The fraction of sp³-hybridized carbons (Fsp3) is 0.211. The fourth-order valence-electron chi connectivity index (χ4n) is 2.02. The minimum absolute atomic E-state index is 0.147. The lowest BCUT2D eigenvalue weighted by Crippen LogP contribution is -2.19. The minimum atomic E-state index is -0.364. The molecular formula is C19H20N2O3S. The van der Waals surface area contributed by atoms with Gasteiger partial charge in [0.1, 0.15) is 5.75 Å².